The standard InChI is InChI=1S/C43H63N5O5/c1-27(2)28(3)38(4)14-15-40(6)30-8-9-33-39(5)23-52-25-43(33,31(30)10-13-41(40,7)34(38)37(49)50)22-32(35(39)53-24-42(44)16-20-51-21-17-42)48-36(46-26-47-48)29-11-18-45-19-12-29/h10-12,18-19,26-28,30,32-35H,8-9,13-17,20-25,44H2,1-7H3,(H,49,50)/t28-,30+,32-,33+,34-,35+,38-,39-,40-,41+,43+/m1/s1. The number of aromatic nitrogens is 4. The molecule has 10 nitrogen and oxygen atoms in total. The molecule has 3 N–H and O–H groups in total. The van der Waals surface area contributed by atoms with Gasteiger partial charge in [-0.1, -0.05) is 60.1 Å². The van der Waals surface area contributed by atoms with Crippen LogP contribution in [0.4, 0.5) is 0 Å². The Hall–Kier alpha value is -2.66. The zero-order valence-corrected chi connectivity index (χ0v) is 33.1. The van der Waals surface area contributed by atoms with Crippen LogP contribution in [0.1, 0.15) is 106 Å². The number of aliphatic carboxylic acids is 1. The number of carboxylic acid groups (broad SMARTS) is 1. The highest BCUT2D eigenvalue weighted by molar-refractivity contribution is 5.73. The molecule has 11 atom stereocenters. The van der Waals surface area contributed by atoms with Crippen molar-refractivity contribution < 1.29 is 24.1 Å². The Morgan fingerprint density at radius 1 is 1.02 bits per heavy atom. The largest absolute Gasteiger partial charge is 0.481 e. The number of carboxylic acids is 1. The van der Waals surface area contributed by atoms with Crippen LogP contribution in [0.2, 0.25) is 0 Å². The highest BCUT2D eigenvalue weighted by Crippen LogP contribution is 2.75. The van der Waals surface area contributed by atoms with Crippen LogP contribution in [-0.2, 0) is 19.0 Å². The summed E-state index contributed by atoms with van der Waals surface area (Å²) in [5, 5.41) is 16.1. The Kier molecular flexibility index (Phi) is 9.11. The summed E-state index contributed by atoms with van der Waals surface area (Å²) >= 11 is 0. The van der Waals surface area contributed by atoms with Crippen molar-refractivity contribution in [1.29, 1.82) is 0 Å². The van der Waals surface area contributed by atoms with Crippen molar-refractivity contribution in [1.82, 2.24) is 19.7 Å². The van der Waals surface area contributed by atoms with Crippen LogP contribution in [0.25, 0.3) is 11.4 Å². The van der Waals surface area contributed by atoms with Gasteiger partial charge in [0.15, 0.2) is 5.82 Å². The minimum Gasteiger partial charge on any atom is -0.481 e. The number of fused-ring (bicyclic) bond motifs is 3. The van der Waals surface area contributed by atoms with E-state index in [0.717, 1.165) is 62.8 Å². The summed E-state index contributed by atoms with van der Waals surface area (Å²) in [6, 6.07) is 3.89. The van der Waals surface area contributed by atoms with Crippen molar-refractivity contribution >= 4 is 5.97 Å². The number of allylic oxidation sites excluding steroid dienone is 1. The van der Waals surface area contributed by atoms with E-state index >= 15 is 0 Å². The molecule has 2 saturated heterocycles. The third-order valence-electron chi connectivity index (χ3n) is 17.0. The van der Waals surface area contributed by atoms with E-state index < -0.39 is 17.4 Å². The lowest BCUT2D eigenvalue weighted by molar-refractivity contribution is -0.253. The van der Waals surface area contributed by atoms with E-state index in [2.05, 4.69) is 64.2 Å². The summed E-state index contributed by atoms with van der Waals surface area (Å²) in [7, 11) is 0. The Morgan fingerprint density at radius 2 is 1.75 bits per heavy atom. The minimum absolute atomic E-state index is 0.108. The van der Waals surface area contributed by atoms with Crippen molar-refractivity contribution in [3.8, 4) is 11.4 Å². The van der Waals surface area contributed by atoms with E-state index in [0.29, 0.717) is 50.8 Å². The molecule has 2 aromatic heterocycles. The van der Waals surface area contributed by atoms with Crippen LogP contribution in [0.5, 0.6) is 0 Å². The molecule has 0 radical (unpaired) electrons. The van der Waals surface area contributed by atoms with Crippen LogP contribution in [-0.4, -0.2) is 75.5 Å². The number of pyridine rings is 1. The fraction of sp³-hybridized carbons (Fsp3) is 0.767. The second kappa shape index (κ2) is 13.0. The molecule has 6 aliphatic rings. The van der Waals surface area contributed by atoms with E-state index in [-0.39, 0.29) is 45.1 Å². The maximum atomic E-state index is 13.6. The summed E-state index contributed by atoms with van der Waals surface area (Å²) in [5.74, 6) is 1.13. The van der Waals surface area contributed by atoms with Gasteiger partial charge in [0.1, 0.15) is 6.33 Å². The molecule has 10 heteroatoms. The normalized spacial score (nSPS) is 42.5. The minimum atomic E-state index is -0.625. The van der Waals surface area contributed by atoms with Gasteiger partial charge in [-0.25, -0.2) is 9.67 Å². The highest BCUT2D eigenvalue weighted by Gasteiger charge is 2.72. The van der Waals surface area contributed by atoms with Crippen LogP contribution in [0, 0.1) is 56.7 Å². The van der Waals surface area contributed by atoms with Crippen molar-refractivity contribution in [2.45, 2.75) is 118 Å². The number of nitrogens with two attached hydrogens (primary N) is 1. The number of rotatable bonds is 8. The fourth-order valence-electron chi connectivity index (χ4n) is 13.5. The van der Waals surface area contributed by atoms with Gasteiger partial charge < -0.3 is 25.1 Å². The van der Waals surface area contributed by atoms with Crippen LogP contribution in [0.15, 0.2) is 42.5 Å². The van der Waals surface area contributed by atoms with Gasteiger partial charge in [-0.05, 0) is 103 Å². The molecule has 4 heterocycles. The molecular weight excluding hydrogens is 667 g/mol. The number of hydrogen-bond donors (Lipinski definition) is 2. The van der Waals surface area contributed by atoms with E-state index in [1.54, 1.807) is 6.33 Å². The van der Waals surface area contributed by atoms with E-state index in [4.69, 9.17) is 30.0 Å². The predicted molar refractivity (Wildman–Crippen MR) is 203 cm³/mol. The summed E-state index contributed by atoms with van der Waals surface area (Å²) in [6.07, 6.45) is 14.8. The van der Waals surface area contributed by atoms with Crippen molar-refractivity contribution in [2.24, 2.45) is 62.4 Å². The number of ether oxygens (including phenoxy) is 3. The van der Waals surface area contributed by atoms with Crippen molar-refractivity contribution in [2.75, 3.05) is 33.0 Å². The first-order chi connectivity index (χ1) is 25.1. The molecule has 3 saturated carbocycles. The lowest BCUT2D eigenvalue weighted by atomic mass is 9.34. The van der Waals surface area contributed by atoms with Gasteiger partial charge in [0.05, 0.1) is 37.9 Å². The third-order valence-corrected chi connectivity index (χ3v) is 17.0. The first kappa shape index (κ1) is 37.3. The summed E-state index contributed by atoms with van der Waals surface area (Å²) in [5.41, 5.74) is 7.71. The zero-order valence-electron chi connectivity index (χ0n) is 33.1. The Labute approximate surface area is 316 Å². The first-order valence-electron chi connectivity index (χ1n) is 20.4. The molecular formula is C43H63N5O5. The Morgan fingerprint density at radius 3 is 2.45 bits per heavy atom. The lowest BCUT2D eigenvalue weighted by Gasteiger charge is -2.71. The molecule has 0 amide bonds. The molecule has 2 aliphatic heterocycles. The predicted octanol–water partition coefficient (Wildman–Crippen LogP) is 7.36. The van der Waals surface area contributed by atoms with Crippen LogP contribution >= 0.6 is 0 Å². The SMILES string of the molecule is CC(C)[C@@H](C)[C@@]1(C)CC[C@]2(C)[C@H]3CC[C@@H]4[C@@]5(COC[C@@]4(C)[C@@H](OCC4(N)CCOCC4)[C@H](n4ncnc4-c4ccncc4)C5)C3=CC[C@@]2(C)[C@@H]1C(=O)O. The van der Waals surface area contributed by atoms with Gasteiger partial charge in [0.25, 0.3) is 0 Å². The summed E-state index contributed by atoms with van der Waals surface area (Å²) in [6.45, 7) is 19.3. The highest BCUT2D eigenvalue weighted by atomic mass is 16.5. The van der Waals surface area contributed by atoms with Gasteiger partial charge >= 0.3 is 5.97 Å². The van der Waals surface area contributed by atoms with Crippen LogP contribution in [0.3, 0.4) is 0 Å². The van der Waals surface area contributed by atoms with E-state index in [1.807, 2.05) is 24.5 Å². The molecule has 8 rings (SSSR count). The summed E-state index contributed by atoms with van der Waals surface area (Å²) < 4.78 is 21.8. The van der Waals surface area contributed by atoms with Crippen molar-refractivity contribution in [3.05, 3.63) is 42.5 Å². The molecule has 53 heavy (non-hydrogen) atoms. The Bertz CT molecular complexity index is 1720. The molecule has 0 spiro atoms. The number of hydrogen-bond acceptors (Lipinski definition) is 8. The van der Waals surface area contributed by atoms with Gasteiger partial charge in [-0.15, -0.1) is 0 Å². The average Bonchev–Trinajstić information content (AvgIpc) is 3.61. The molecule has 290 valence electrons. The summed E-state index contributed by atoms with van der Waals surface area (Å²) in [4.78, 5) is 22.7. The molecule has 0 aromatic carbocycles. The number of nitrogens with zero attached hydrogens (tertiary/aromatic N) is 4. The second-order valence-electron chi connectivity index (χ2n) is 19.6. The average molecular weight is 730 g/mol. The van der Waals surface area contributed by atoms with E-state index in [9.17, 15) is 9.90 Å². The quantitative estimate of drug-likeness (QED) is 0.267. The second-order valence-corrected chi connectivity index (χ2v) is 19.6. The lowest BCUT2D eigenvalue weighted by Crippen LogP contribution is -2.69. The monoisotopic (exact) mass is 729 g/mol. The third kappa shape index (κ3) is 5.38. The maximum Gasteiger partial charge on any atom is 0.307 e. The van der Waals surface area contributed by atoms with Gasteiger partial charge in [-0.3, -0.25) is 9.78 Å². The van der Waals surface area contributed by atoms with E-state index in [1.165, 1.54) is 5.57 Å². The number of carbonyl (C=O) groups is 1. The molecule has 2 bridgehead atoms. The smallest absolute Gasteiger partial charge is 0.307 e. The maximum absolute atomic E-state index is 13.6. The topological polar surface area (TPSA) is 135 Å². The van der Waals surface area contributed by atoms with Crippen molar-refractivity contribution in [3.63, 3.8) is 0 Å². The molecule has 4 aliphatic carbocycles. The van der Waals surface area contributed by atoms with Crippen LogP contribution < -0.4 is 5.73 Å². The molecule has 2 aromatic rings. The molecule has 0 unspecified atom stereocenters. The fourth-order valence-corrected chi connectivity index (χ4v) is 13.5. The van der Waals surface area contributed by atoms with Gasteiger partial charge in [-0.2, -0.15) is 5.10 Å². The first-order valence-corrected chi connectivity index (χ1v) is 20.4. The Balaban J connectivity index is 1.23. The zero-order chi connectivity index (χ0) is 37.6. The van der Waals surface area contributed by atoms with Gasteiger partial charge in [0.2, 0.25) is 0 Å². The van der Waals surface area contributed by atoms with Gasteiger partial charge in [0, 0.05) is 47.5 Å². The molecule has 5 fully saturated rings.